The molecule has 0 amide bonds. The van der Waals surface area contributed by atoms with E-state index in [0.717, 1.165) is 19.4 Å². The summed E-state index contributed by atoms with van der Waals surface area (Å²) in [6.07, 6.45) is -6.96. The Labute approximate surface area is 281 Å². The van der Waals surface area contributed by atoms with E-state index in [1.807, 2.05) is 25.8 Å². The van der Waals surface area contributed by atoms with Crippen LogP contribution >= 0.6 is 0 Å². The first-order chi connectivity index (χ1) is 22.8. The zero-order chi connectivity index (χ0) is 36.6. The fourth-order valence-electron chi connectivity index (χ4n) is 6.92. The molecule has 0 aromatic heterocycles. The van der Waals surface area contributed by atoms with Crippen molar-refractivity contribution in [2.75, 3.05) is 13.6 Å². The molecule has 0 bridgehead atoms. The minimum Gasteiger partial charge on any atom is -0.504 e. The van der Waals surface area contributed by atoms with Gasteiger partial charge in [0.25, 0.3) is 0 Å². The van der Waals surface area contributed by atoms with E-state index in [9.17, 15) is 44.1 Å². The number of Topliss-reactive ketones (excluding diaryl/α,β-unsaturated/α-hetero) is 1. The molecule has 1 aromatic rings. The third-order valence-electron chi connectivity index (χ3n) is 9.75. The van der Waals surface area contributed by atoms with E-state index in [2.05, 4.69) is 0 Å². The molecule has 1 saturated heterocycles. The van der Waals surface area contributed by atoms with Crippen LogP contribution in [0.2, 0.25) is 0 Å². The van der Waals surface area contributed by atoms with Gasteiger partial charge in [-0.1, -0.05) is 6.07 Å². The minimum absolute atomic E-state index is 0.000718. The zero-order valence-electron chi connectivity index (χ0n) is 27.7. The van der Waals surface area contributed by atoms with E-state index >= 15 is 0 Å². The molecule has 1 aliphatic carbocycles. The van der Waals surface area contributed by atoms with Crippen molar-refractivity contribution in [1.82, 2.24) is 4.90 Å². The van der Waals surface area contributed by atoms with E-state index in [-0.39, 0.29) is 29.7 Å². The summed E-state index contributed by atoms with van der Waals surface area (Å²) in [4.78, 5) is 75.7. The zero-order valence-corrected chi connectivity index (χ0v) is 27.7. The van der Waals surface area contributed by atoms with Crippen molar-refractivity contribution >= 4 is 35.6 Å². The summed E-state index contributed by atoms with van der Waals surface area (Å²) in [7, 11) is 1.87. The van der Waals surface area contributed by atoms with E-state index in [4.69, 9.17) is 29.2 Å². The molecule has 16 nitrogen and oxygen atoms in total. The summed E-state index contributed by atoms with van der Waals surface area (Å²) in [5, 5.41) is 50.7. The number of carboxylic acid groups (broad SMARTS) is 2. The number of hydrogen-bond acceptors (Lipinski definition) is 14. The van der Waals surface area contributed by atoms with Crippen LogP contribution in [-0.4, -0.2) is 116 Å². The summed E-state index contributed by atoms with van der Waals surface area (Å²) in [5.74, 6) is -9.22. The van der Waals surface area contributed by atoms with Gasteiger partial charge in [-0.15, -0.1) is 0 Å². The number of hydrogen-bond donors (Lipinski definition) is 5. The second-order valence-electron chi connectivity index (χ2n) is 12.9. The molecule has 1 spiro atoms. The topological polar surface area (TPSA) is 244 Å². The molecule has 2 heterocycles. The molecule has 0 unspecified atom stereocenters. The number of nitrogens with zero attached hydrogens (tertiary/aromatic N) is 1. The second-order valence-corrected chi connectivity index (χ2v) is 12.9. The molecule has 0 radical (unpaired) electrons. The molecule has 8 atom stereocenters. The molecule has 49 heavy (non-hydrogen) atoms. The van der Waals surface area contributed by atoms with Crippen LogP contribution in [0.5, 0.6) is 11.5 Å². The predicted molar refractivity (Wildman–Crippen MR) is 164 cm³/mol. The second kappa shape index (κ2) is 14.1. The van der Waals surface area contributed by atoms with Crippen LogP contribution in [0.15, 0.2) is 24.0 Å². The number of aryl methyl sites for hydroxylation is 1. The molecule has 2 aliphatic heterocycles. The number of aliphatic carboxylic acids is 2. The first kappa shape index (κ1) is 37.3. The van der Waals surface area contributed by atoms with Gasteiger partial charge >= 0.3 is 29.8 Å². The largest absolute Gasteiger partial charge is 0.504 e. The van der Waals surface area contributed by atoms with Gasteiger partial charge in [0, 0.05) is 30.9 Å². The van der Waals surface area contributed by atoms with E-state index in [0.29, 0.717) is 18.5 Å². The Morgan fingerprint density at radius 3 is 2.29 bits per heavy atom. The van der Waals surface area contributed by atoms with Crippen molar-refractivity contribution in [3.8, 4) is 11.5 Å². The number of aromatic hydroxyl groups is 1. The molecule has 1 fully saturated rings. The smallest absolute Gasteiger partial charge is 0.347 e. The third-order valence-corrected chi connectivity index (χ3v) is 9.75. The molecular formula is C33H41NO15. The number of carbonyl (C=O) groups excluding carboxylic acids is 4. The standard InChI is InChI=1S/C33H41NO15/c1-15-6-7-21(36)26-25(15)32-10-11-34(5)18(4)33(32,45)9-8-23(27(32)49-26)48-24(38)13-19(12-20(35)14-22(37)29(41)42)31(44)47-17(3)30(43)46-16(2)28(39)40/h6-8,16-19,22,27,36-37,45H,9-14H2,1-5H3,(H,39,40)(H,41,42)/t16-,17-,18+,19-,22-,27-,32-,33+/m0/s1. The fraction of sp³-hybridized carbons (Fsp3) is 0.576. The van der Waals surface area contributed by atoms with E-state index < -0.39 is 96.2 Å². The van der Waals surface area contributed by atoms with Gasteiger partial charge in [-0.3, -0.25) is 14.4 Å². The number of likely N-dealkylation sites (N-methyl/N-ethyl adjacent to an activating group) is 1. The van der Waals surface area contributed by atoms with E-state index in [1.165, 1.54) is 12.1 Å². The average molecular weight is 692 g/mol. The molecule has 4 rings (SSSR count). The summed E-state index contributed by atoms with van der Waals surface area (Å²) in [6, 6.07) is 2.78. The molecule has 3 aliphatic rings. The maximum absolute atomic E-state index is 13.5. The maximum Gasteiger partial charge on any atom is 0.347 e. The number of phenolic OH excluding ortho intramolecular Hbond substituents is 1. The van der Waals surface area contributed by atoms with E-state index in [1.54, 1.807) is 6.07 Å². The Hall–Kier alpha value is -4.54. The SMILES string of the molecule is Cc1ccc(O)c2c1[C@]13CCN(C)[C@H](C)[C@]1(O)CC=C(OC(=O)C[C@H](CC(=O)C[C@H](O)C(=O)O)C(=O)O[C@@H](C)C(=O)O[C@@H](C)C(=O)O)[C@@H]3O2. The van der Waals surface area contributed by atoms with Gasteiger partial charge in [-0.2, -0.15) is 0 Å². The highest BCUT2D eigenvalue weighted by atomic mass is 16.6. The van der Waals surface area contributed by atoms with Crippen molar-refractivity contribution < 1.29 is 73.2 Å². The number of phenols is 1. The maximum atomic E-state index is 13.5. The number of carbonyl (C=O) groups is 6. The number of ketones is 1. The van der Waals surface area contributed by atoms with Gasteiger partial charge in [-0.05, 0) is 65.4 Å². The lowest BCUT2D eigenvalue weighted by molar-refractivity contribution is -0.177. The van der Waals surface area contributed by atoms with Gasteiger partial charge in [0.05, 0.1) is 23.4 Å². The summed E-state index contributed by atoms with van der Waals surface area (Å²) >= 11 is 0. The Bertz CT molecular complexity index is 1570. The summed E-state index contributed by atoms with van der Waals surface area (Å²) in [5.41, 5.74) is -1.24. The first-order valence-electron chi connectivity index (χ1n) is 15.7. The summed E-state index contributed by atoms with van der Waals surface area (Å²) < 4.78 is 21.8. The van der Waals surface area contributed by atoms with Gasteiger partial charge in [0.2, 0.25) is 0 Å². The number of aliphatic hydroxyl groups is 2. The Morgan fingerprint density at radius 2 is 1.65 bits per heavy atom. The van der Waals surface area contributed by atoms with Crippen LogP contribution in [0.4, 0.5) is 0 Å². The normalized spacial score (nSPS) is 26.6. The molecule has 5 N–H and O–H groups in total. The number of rotatable bonds is 13. The van der Waals surface area contributed by atoms with Crippen LogP contribution in [0.25, 0.3) is 0 Å². The molecule has 16 heteroatoms. The third kappa shape index (κ3) is 6.98. The van der Waals surface area contributed by atoms with Gasteiger partial charge in [0.15, 0.2) is 35.9 Å². The molecule has 268 valence electrons. The highest BCUT2D eigenvalue weighted by Crippen LogP contribution is 2.62. The van der Waals surface area contributed by atoms with Crippen molar-refractivity contribution in [3.05, 3.63) is 35.1 Å². The highest BCUT2D eigenvalue weighted by Gasteiger charge is 2.69. The van der Waals surface area contributed by atoms with Crippen LogP contribution in [0, 0.1) is 12.8 Å². The highest BCUT2D eigenvalue weighted by molar-refractivity contribution is 5.91. The predicted octanol–water partition coefficient (Wildman–Crippen LogP) is 0.734. The summed E-state index contributed by atoms with van der Waals surface area (Å²) in [6.45, 7) is 6.38. The lowest BCUT2D eigenvalue weighted by Gasteiger charge is -2.58. The Morgan fingerprint density at radius 1 is 1.00 bits per heavy atom. The number of benzene rings is 1. The quantitative estimate of drug-likeness (QED) is 0.141. The number of aliphatic hydroxyl groups excluding tert-OH is 1. The molecule has 0 saturated carbocycles. The number of fused-ring (bicyclic) bond motifs is 1. The number of carboxylic acids is 2. The Balaban J connectivity index is 1.60. The van der Waals surface area contributed by atoms with Crippen LogP contribution in [0.3, 0.4) is 0 Å². The number of likely N-dealkylation sites (tertiary alicyclic amines) is 1. The minimum atomic E-state index is -2.08. The van der Waals surface area contributed by atoms with Crippen molar-refractivity contribution in [1.29, 1.82) is 0 Å². The number of piperidine rings is 1. The molecular weight excluding hydrogens is 650 g/mol. The first-order valence-corrected chi connectivity index (χ1v) is 15.7. The average Bonchev–Trinajstić information content (AvgIpc) is 3.39. The molecule has 1 aromatic carbocycles. The van der Waals surface area contributed by atoms with Crippen LogP contribution < -0.4 is 4.74 Å². The lowest BCUT2D eigenvalue weighted by atomic mass is 9.54. The van der Waals surface area contributed by atoms with Crippen molar-refractivity contribution in [3.63, 3.8) is 0 Å². The monoisotopic (exact) mass is 691 g/mol. The Kier molecular flexibility index (Phi) is 10.8. The van der Waals surface area contributed by atoms with Gasteiger partial charge < -0.3 is 49.4 Å². The van der Waals surface area contributed by atoms with Crippen molar-refractivity contribution in [2.24, 2.45) is 5.92 Å². The number of ether oxygens (including phenoxy) is 4. The lowest BCUT2D eigenvalue weighted by Crippen LogP contribution is -2.71. The fourth-order valence-corrected chi connectivity index (χ4v) is 6.92. The van der Waals surface area contributed by atoms with Crippen molar-refractivity contribution in [2.45, 2.75) is 101 Å². The van der Waals surface area contributed by atoms with Gasteiger partial charge in [0.1, 0.15) is 11.5 Å². The van der Waals surface area contributed by atoms with Gasteiger partial charge in [-0.25, -0.2) is 14.4 Å². The van der Waals surface area contributed by atoms with Crippen LogP contribution in [0.1, 0.15) is 64.0 Å². The van der Waals surface area contributed by atoms with Crippen LogP contribution in [-0.2, 0) is 48.4 Å². The number of esters is 3.